The molecular formula is C15H16BFO4. The summed E-state index contributed by atoms with van der Waals surface area (Å²) < 4.78 is 23.7. The second-order valence-corrected chi connectivity index (χ2v) is 4.56. The summed E-state index contributed by atoms with van der Waals surface area (Å²) in [6.07, 6.45) is 0. The minimum atomic E-state index is -1.72. The van der Waals surface area contributed by atoms with Gasteiger partial charge in [0.15, 0.2) is 0 Å². The molecule has 0 unspecified atom stereocenters. The molecule has 0 aliphatic carbocycles. The van der Waals surface area contributed by atoms with Gasteiger partial charge in [-0.25, -0.2) is 4.39 Å². The van der Waals surface area contributed by atoms with E-state index < -0.39 is 12.9 Å². The highest BCUT2D eigenvalue weighted by molar-refractivity contribution is 6.59. The molecular weight excluding hydrogens is 274 g/mol. The van der Waals surface area contributed by atoms with Gasteiger partial charge in [-0.05, 0) is 40.9 Å². The maximum absolute atomic E-state index is 13.1. The van der Waals surface area contributed by atoms with E-state index in [1.165, 1.54) is 12.1 Å². The zero-order valence-electron chi connectivity index (χ0n) is 11.6. The number of benzene rings is 2. The lowest BCUT2D eigenvalue weighted by molar-refractivity contribution is 0.107. The van der Waals surface area contributed by atoms with Gasteiger partial charge in [-0.15, -0.1) is 0 Å². The van der Waals surface area contributed by atoms with Crippen molar-refractivity contribution >= 4 is 12.6 Å². The molecule has 0 amide bonds. The second kappa shape index (κ2) is 7.22. The summed E-state index contributed by atoms with van der Waals surface area (Å²) in [5.74, 6) is 0.250. The largest absolute Gasteiger partial charge is 0.497 e. The molecule has 0 aromatic heterocycles. The molecule has 2 aromatic rings. The van der Waals surface area contributed by atoms with Crippen molar-refractivity contribution in [1.29, 1.82) is 0 Å². The molecule has 2 rings (SSSR count). The minimum absolute atomic E-state index is 0.115. The smallest absolute Gasteiger partial charge is 0.488 e. The number of halogens is 1. The first kappa shape index (κ1) is 15.5. The van der Waals surface area contributed by atoms with Gasteiger partial charge in [0.1, 0.15) is 11.6 Å². The van der Waals surface area contributed by atoms with Crippen molar-refractivity contribution in [2.24, 2.45) is 0 Å². The first-order valence-electron chi connectivity index (χ1n) is 6.45. The Labute approximate surface area is 122 Å². The lowest BCUT2D eigenvalue weighted by Crippen LogP contribution is -2.33. The van der Waals surface area contributed by atoms with E-state index in [1.807, 2.05) is 24.3 Å². The van der Waals surface area contributed by atoms with Crippen LogP contribution >= 0.6 is 0 Å². The highest BCUT2D eigenvalue weighted by atomic mass is 19.1. The SMILES string of the molecule is COc1ccc(COCc2ccc(F)cc2B(O)O)cc1. The van der Waals surface area contributed by atoms with E-state index in [0.29, 0.717) is 12.2 Å². The molecule has 21 heavy (non-hydrogen) atoms. The molecule has 0 saturated heterocycles. The Kier molecular flexibility index (Phi) is 5.33. The van der Waals surface area contributed by atoms with Crippen molar-refractivity contribution in [3.05, 3.63) is 59.4 Å². The van der Waals surface area contributed by atoms with Gasteiger partial charge in [0, 0.05) is 0 Å². The summed E-state index contributed by atoms with van der Waals surface area (Å²) in [4.78, 5) is 0. The Balaban J connectivity index is 1.96. The van der Waals surface area contributed by atoms with Crippen molar-refractivity contribution < 1.29 is 23.9 Å². The molecule has 2 N–H and O–H groups in total. The first-order valence-corrected chi connectivity index (χ1v) is 6.45. The number of ether oxygens (including phenoxy) is 2. The normalized spacial score (nSPS) is 10.5. The Morgan fingerprint density at radius 2 is 1.76 bits per heavy atom. The predicted molar refractivity (Wildman–Crippen MR) is 77.7 cm³/mol. The summed E-state index contributed by atoms with van der Waals surface area (Å²) in [6, 6.07) is 11.3. The van der Waals surface area contributed by atoms with E-state index in [2.05, 4.69) is 0 Å². The topological polar surface area (TPSA) is 58.9 Å². The van der Waals surface area contributed by atoms with E-state index >= 15 is 0 Å². The van der Waals surface area contributed by atoms with E-state index in [0.717, 1.165) is 17.4 Å². The third-order valence-electron chi connectivity index (χ3n) is 3.07. The lowest BCUT2D eigenvalue weighted by atomic mass is 9.77. The molecule has 0 spiro atoms. The Morgan fingerprint density at radius 1 is 1.05 bits per heavy atom. The lowest BCUT2D eigenvalue weighted by Gasteiger charge is -2.10. The van der Waals surface area contributed by atoms with Crippen LogP contribution in [0.5, 0.6) is 5.75 Å². The minimum Gasteiger partial charge on any atom is -0.497 e. The van der Waals surface area contributed by atoms with Gasteiger partial charge in [0.2, 0.25) is 0 Å². The molecule has 0 radical (unpaired) electrons. The summed E-state index contributed by atoms with van der Waals surface area (Å²) in [5.41, 5.74) is 1.62. The van der Waals surface area contributed by atoms with Crippen LogP contribution in [-0.2, 0) is 18.0 Å². The van der Waals surface area contributed by atoms with Gasteiger partial charge in [-0.3, -0.25) is 0 Å². The molecule has 0 heterocycles. The van der Waals surface area contributed by atoms with Crippen molar-refractivity contribution in [2.75, 3.05) is 7.11 Å². The molecule has 0 aliphatic heterocycles. The van der Waals surface area contributed by atoms with Crippen molar-refractivity contribution in [3.8, 4) is 5.75 Å². The van der Waals surface area contributed by atoms with Gasteiger partial charge in [-0.1, -0.05) is 18.2 Å². The highest BCUT2D eigenvalue weighted by Gasteiger charge is 2.16. The number of hydrogen-bond acceptors (Lipinski definition) is 4. The van der Waals surface area contributed by atoms with Gasteiger partial charge in [-0.2, -0.15) is 0 Å². The van der Waals surface area contributed by atoms with Crippen LogP contribution in [0.15, 0.2) is 42.5 Å². The Hall–Kier alpha value is -1.89. The third kappa shape index (κ3) is 4.29. The van der Waals surface area contributed by atoms with Gasteiger partial charge < -0.3 is 19.5 Å². The molecule has 0 bridgehead atoms. The van der Waals surface area contributed by atoms with Crippen LogP contribution in [0.2, 0.25) is 0 Å². The highest BCUT2D eigenvalue weighted by Crippen LogP contribution is 2.12. The second-order valence-electron chi connectivity index (χ2n) is 4.56. The molecule has 0 saturated carbocycles. The molecule has 6 heteroatoms. The first-order chi connectivity index (χ1) is 10.1. The summed E-state index contributed by atoms with van der Waals surface area (Å²) in [5, 5.41) is 18.4. The van der Waals surface area contributed by atoms with Crippen molar-refractivity contribution in [3.63, 3.8) is 0 Å². The van der Waals surface area contributed by atoms with Crippen molar-refractivity contribution in [1.82, 2.24) is 0 Å². The van der Waals surface area contributed by atoms with Crippen LogP contribution in [0.1, 0.15) is 11.1 Å². The molecule has 0 aliphatic rings. The molecule has 0 fully saturated rings. The van der Waals surface area contributed by atoms with Gasteiger partial charge in [0.25, 0.3) is 0 Å². The molecule has 2 aromatic carbocycles. The van der Waals surface area contributed by atoms with E-state index in [1.54, 1.807) is 7.11 Å². The van der Waals surface area contributed by atoms with E-state index in [-0.39, 0.29) is 12.1 Å². The van der Waals surface area contributed by atoms with E-state index in [9.17, 15) is 14.4 Å². The number of methoxy groups -OCH3 is 1. The van der Waals surface area contributed by atoms with Gasteiger partial charge >= 0.3 is 7.12 Å². The van der Waals surface area contributed by atoms with E-state index in [4.69, 9.17) is 9.47 Å². The number of rotatable bonds is 6. The maximum atomic E-state index is 13.1. The average Bonchev–Trinajstić information content (AvgIpc) is 2.49. The fourth-order valence-corrected chi connectivity index (χ4v) is 1.94. The quantitative estimate of drug-likeness (QED) is 0.786. The molecule has 0 atom stereocenters. The van der Waals surface area contributed by atoms with Crippen LogP contribution in [0.4, 0.5) is 4.39 Å². The predicted octanol–water partition coefficient (Wildman–Crippen LogP) is 1.23. The summed E-state index contributed by atoms with van der Waals surface area (Å²) in [6.45, 7) is 0.529. The fraction of sp³-hybridized carbons (Fsp3) is 0.200. The third-order valence-corrected chi connectivity index (χ3v) is 3.07. The summed E-state index contributed by atoms with van der Waals surface area (Å²) in [7, 11) is -0.123. The Morgan fingerprint density at radius 3 is 2.38 bits per heavy atom. The monoisotopic (exact) mass is 290 g/mol. The zero-order valence-corrected chi connectivity index (χ0v) is 11.6. The maximum Gasteiger partial charge on any atom is 0.488 e. The van der Waals surface area contributed by atoms with Crippen LogP contribution < -0.4 is 10.2 Å². The van der Waals surface area contributed by atoms with Gasteiger partial charge in [0.05, 0.1) is 20.3 Å². The Bertz CT molecular complexity index is 587. The standard InChI is InChI=1S/C15H16BFO4/c1-20-14-6-2-11(3-7-14)9-21-10-12-4-5-13(17)8-15(12)16(18)19/h2-8,18-19H,9-10H2,1H3. The van der Waals surface area contributed by atoms with Crippen molar-refractivity contribution in [2.45, 2.75) is 13.2 Å². The van der Waals surface area contributed by atoms with Crippen LogP contribution in [0.3, 0.4) is 0 Å². The van der Waals surface area contributed by atoms with Crippen LogP contribution in [0, 0.1) is 5.82 Å². The summed E-state index contributed by atoms with van der Waals surface area (Å²) >= 11 is 0. The fourth-order valence-electron chi connectivity index (χ4n) is 1.94. The number of hydrogen-bond donors (Lipinski definition) is 2. The molecule has 110 valence electrons. The molecule has 4 nitrogen and oxygen atoms in total. The average molecular weight is 290 g/mol. The van der Waals surface area contributed by atoms with Crippen LogP contribution in [-0.4, -0.2) is 24.3 Å². The van der Waals surface area contributed by atoms with Crippen LogP contribution in [0.25, 0.3) is 0 Å². The zero-order chi connectivity index (χ0) is 15.2.